The molecule has 0 aliphatic carbocycles. The van der Waals surface area contributed by atoms with Crippen molar-refractivity contribution in [1.29, 1.82) is 0 Å². The molecule has 3 aromatic rings. The van der Waals surface area contributed by atoms with Gasteiger partial charge in [0.2, 0.25) is 12.7 Å². The molecule has 1 fully saturated rings. The average molecular weight is 465 g/mol. The van der Waals surface area contributed by atoms with Crippen LogP contribution in [0.5, 0.6) is 11.5 Å². The van der Waals surface area contributed by atoms with Gasteiger partial charge in [0.15, 0.2) is 11.5 Å². The molecule has 0 bridgehead atoms. The number of aromatic amines is 1. The van der Waals surface area contributed by atoms with Gasteiger partial charge in [0, 0.05) is 32.7 Å². The molecular weight excluding hydrogens is 436 g/mol. The standard InChI is InChI=1S/C25H28N4O5/c1-16(2)22(29-23(30)18-5-3-4-6-19(18)26-25(29)32)24(31)28-11-9-27(10-12-28)14-17-7-8-20-21(13-17)34-15-33-20/h3-8,13,16,22H,9-12,14-15H2,1-2H3,(H,26,32)/t22-/m1/s1. The number of H-pyrrole nitrogens is 1. The summed E-state index contributed by atoms with van der Waals surface area (Å²) >= 11 is 0. The minimum absolute atomic E-state index is 0.194. The van der Waals surface area contributed by atoms with Crippen molar-refractivity contribution in [3.8, 4) is 11.5 Å². The molecule has 2 aromatic carbocycles. The van der Waals surface area contributed by atoms with E-state index in [9.17, 15) is 14.4 Å². The monoisotopic (exact) mass is 464 g/mol. The van der Waals surface area contributed by atoms with E-state index >= 15 is 0 Å². The number of amides is 1. The second-order valence-electron chi connectivity index (χ2n) is 9.13. The zero-order valence-electron chi connectivity index (χ0n) is 19.3. The fraction of sp³-hybridized carbons (Fsp3) is 0.400. The Morgan fingerprint density at radius 3 is 2.50 bits per heavy atom. The molecule has 1 aromatic heterocycles. The first-order valence-corrected chi connectivity index (χ1v) is 11.6. The van der Waals surface area contributed by atoms with E-state index in [0.717, 1.165) is 28.2 Å². The lowest BCUT2D eigenvalue weighted by atomic mass is 10.0. The zero-order chi connectivity index (χ0) is 23.8. The predicted molar refractivity (Wildman–Crippen MR) is 127 cm³/mol. The number of para-hydroxylation sites is 1. The predicted octanol–water partition coefficient (Wildman–Crippen LogP) is 1.96. The van der Waals surface area contributed by atoms with Gasteiger partial charge in [-0.25, -0.2) is 9.36 Å². The van der Waals surface area contributed by atoms with E-state index in [1.165, 1.54) is 0 Å². The third-order valence-electron chi connectivity index (χ3n) is 6.53. The maximum absolute atomic E-state index is 13.5. The van der Waals surface area contributed by atoms with Crippen molar-refractivity contribution >= 4 is 16.8 Å². The van der Waals surface area contributed by atoms with Crippen molar-refractivity contribution in [2.45, 2.75) is 26.4 Å². The van der Waals surface area contributed by atoms with E-state index in [1.807, 2.05) is 32.0 Å². The van der Waals surface area contributed by atoms with Crippen molar-refractivity contribution in [2.24, 2.45) is 5.92 Å². The molecular formula is C25H28N4O5. The molecule has 1 amide bonds. The second kappa shape index (κ2) is 8.98. The maximum Gasteiger partial charge on any atom is 0.329 e. The van der Waals surface area contributed by atoms with Crippen LogP contribution in [-0.2, 0) is 11.3 Å². The van der Waals surface area contributed by atoms with Gasteiger partial charge in [-0.05, 0) is 35.7 Å². The summed E-state index contributed by atoms with van der Waals surface area (Å²) in [5.74, 6) is 1.11. The number of nitrogens with zero attached hydrogens (tertiary/aromatic N) is 3. The van der Waals surface area contributed by atoms with Crippen molar-refractivity contribution in [2.75, 3.05) is 33.0 Å². The molecule has 2 aliphatic rings. The SMILES string of the molecule is CC(C)[C@H](C(=O)N1CCN(Cc2ccc3c(c2)OCO3)CC1)n1c(=O)[nH]c2ccccc2c1=O. The Morgan fingerprint density at radius 1 is 1.00 bits per heavy atom. The number of rotatable bonds is 5. The van der Waals surface area contributed by atoms with Crippen LogP contribution in [0, 0.1) is 5.92 Å². The molecule has 34 heavy (non-hydrogen) atoms. The smallest absolute Gasteiger partial charge is 0.329 e. The quantitative estimate of drug-likeness (QED) is 0.620. The minimum atomic E-state index is -0.860. The van der Waals surface area contributed by atoms with Crippen molar-refractivity contribution < 1.29 is 14.3 Å². The third-order valence-corrected chi connectivity index (χ3v) is 6.53. The Balaban J connectivity index is 1.31. The largest absolute Gasteiger partial charge is 0.454 e. The van der Waals surface area contributed by atoms with E-state index in [4.69, 9.17) is 9.47 Å². The van der Waals surface area contributed by atoms with E-state index in [-0.39, 0.29) is 18.6 Å². The average Bonchev–Trinajstić information content (AvgIpc) is 3.29. The van der Waals surface area contributed by atoms with Crippen LogP contribution < -0.4 is 20.7 Å². The van der Waals surface area contributed by atoms with Gasteiger partial charge in [0.25, 0.3) is 5.56 Å². The minimum Gasteiger partial charge on any atom is -0.454 e. The van der Waals surface area contributed by atoms with E-state index in [0.29, 0.717) is 37.1 Å². The van der Waals surface area contributed by atoms with Gasteiger partial charge in [0.05, 0.1) is 10.9 Å². The highest BCUT2D eigenvalue weighted by Crippen LogP contribution is 2.33. The number of hydrogen-bond acceptors (Lipinski definition) is 6. The number of benzene rings is 2. The van der Waals surface area contributed by atoms with Gasteiger partial charge in [0.1, 0.15) is 6.04 Å². The molecule has 5 rings (SSSR count). The molecule has 178 valence electrons. The zero-order valence-corrected chi connectivity index (χ0v) is 19.3. The lowest BCUT2D eigenvalue weighted by Crippen LogP contribution is -2.53. The lowest BCUT2D eigenvalue weighted by Gasteiger charge is -2.37. The van der Waals surface area contributed by atoms with Crippen LogP contribution in [0.2, 0.25) is 0 Å². The molecule has 0 spiro atoms. The first-order valence-electron chi connectivity index (χ1n) is 11.6. The summed E-state index contributed by atoms with van der Waals surface area (Å²) in [5, 5.41) is 0.397. The van der Waals surface area contributed by atoms with Gasteiger partial charge in [-0.2, -0.15) is 0 Å². The van der Waals surface area contributed by atoms with Crippen molar-refractivity contribution in [1.82, 2.24) is 19.4 Å². The molecule has 9 heteroatoms. The number of carbonyl (C=O) groups is 1. The summed E-state index contributed by atoms with van der Waals surface area (Å²) in [6.07, 6.45) is 0. The molecule has 0 saturated carbocycles. The number of hydrogen-bond donors (Lipinski definition) is 1. The summed E-state index contributed by atoms with van der Waals surface area (Å²) in [6, 6.07) is 11.9. The number of nitrogens with one attached hydrogen (secondary N) is 1. The van der Waals surface area contributed by atoms with Crippen molar-refractivity contribution in [3.63, 3.8) is 0 Å². The Labute approximate surface area is 196 Å². The number of aromatic nitrogens is 2. The van der Waals surface area contributed by atoms with Crippen LogP contribution in [0.1, 0.15) is 25.5 Å². The molecule has 2 aliphatic heterocycles. The van der Waals surface area contributed by atoms with Crippen LogP contribution in [0.4, 0.5) is 0 Å². The van der Waals surface area contributed by atoms with Crippen LogP contribution in [0.15, 0.2) is 52.1 Å². The first-order chi connectivity index (χ1) is 16.4. The highest BCUT2D eigenvalue weighted by molar-refractivity contribution is 5.82. The molecule has 9 nitrogen and oxygen atoms in total. The first kappa shape index (κ1) is 22.2. The van der Waals surface area contributed by atoms with Crippen molar-refractivity contribution in [3.05, 3.63) is 68.9 Å². The maximum atomic E-state index is 13.5. The summed E-state index contributed by atoms with van der Waals surface area (Å²) in [7, 11) is 0. The summed E-state index contributed by atoms with van der Waals surface area (Å²) in [5.41, 5.74) is 0.601. The topological polar surface area (TPSA) is 96.9 Å². The van der Waals surface area contributed by atoms with Crippen LogP contribution in [0.3, 0.4) is 0 Å². The number of ether oxygens (including phenoxy) is 2. The van der Waals surface area contributed by atoms with Gasteiger partial charge < -0.3 is 19.4 Å². The Hall–Kier alpha value is -3.59. The van der Waals surface area contributed by atoms with Crippen LogP contribution >= 0.6 is 0 Å². The van der Waals surface area contributed by atoms with Gasteiger partial charge in [-0.15, -0.1) is 0 Å². The van der Waals surface area contributed by atoms with Gasteiger partial charge in [-0.1, -0.05) is 32.0 Å². The highest BCUT2D eigenvalue weighted by atomic mass is 16.7. The van der Waals surface area contributed by atoms with E-state index in [1.54, 1.807) is 29.2 Å². The highest BCUT2D eigenvalue weighted by Gasteiger charge is 2.33. The molecule has 3 heterocycles. The summed E-state index contributed by atoms with van der Waals surface area (Å²) in [4.78, 5) is 46.3. The Bertz CT molecular complexity index is 1340. The molecule has 0 unspecified atom stereocenters. The third kappa shape index (κ3) is 4.07. The molecule has 1 N–H and O–H groups in total. The fourth-order valence-electron chi connectivity index (χ4n) is 4.73. The lowest BCUT2D eigenvalue weighted by molar-refractivity contribution is -0.138. The van der Waals surface area contributed by atoms with E-state index in [2.05, 4.69) is 9.88 Å². The molecule has 1 atom stereocenters. The van der Waals surface area contributed by atoms with Crippen LogP contribution in [-0.4, -0.2) is 58.2 Å². The summed E-state index contributed by atoms with van der Waals surface area (Å²) in [6.45, 7) is 7.19. The number of fused-ring (bicyclic) bond motifs is 2. The van der Waals surface area contributed by atoms with Gasteiger partial charge >= 0.3 is 5.69 Å². The molecule has 0 radical (unpaired) electrons. The van der Waals surface area contributed by atoms with E-state index < -0.39 is 17.3 Å². The summed E-state index contributed by atoms with van der Waals surface area (Å²) < 4.78 is 11.9. The van der Waals surface area contributed by atoms with Gasteiger partial charge in [-0.3, -0.25) is 14.5 Å². The molecule has 1 saturated heterocycles. The van der Waals surface area contributed by atoms with Crippen LogP contribution in [0.25, 0.3) is 10.9 Å². The number of piperazine rings is 1. The fourth-order valence-corrected chi connectivity index (χ4v) is 4.73. The Kier molecular flexibility index (Phi) is 5.87. The second-order valence-corrected chi connectivity index (χ2v) is 9.13. The number of carbonyl (C=O) groups excluding carboxylic acids is 1. The normalized spacial score (nSPS) is 16.9. The Morgan fingerprint density at radius 2 is 1.74 bits per heavy atom.